The first kappa shape index (κ1) is 29.5. The first-order chi connectivity index (χ1) is 16.4. The average Bonchev–Trinajstić information content (AvgIpc) is 2.79. The van der Waals surface area contributed by atoms with Crippen molar-refractivity contribution < 1.29 is 29.4 Å². The second-order valence-electron chi connectivity index (χ2n) is 7.80. The lowest BCUT2D eigenvalue weighted by Gasteiger charge is -2.23. The maximum atomic E-state index is 12.8. The third-order valence-corrected chi connectivity index (χ3v) is 5.22. The summed E-state index contributed by atoms with van der Waals surface area (Å²) in [6, 6.07) is 1.82. The number of carbonyl (C=O) groups excluding carboxylic acids is 3. The van der Waals surface area contributed by atoms with E-state index < -0.39 is 47.9 Å². The summed E-state index contributed by atoms with van der Waals surface area (Å²) < 4.78 is 0. The minimum atomic E-state index is -1.26. The van der Waals surface area contributed by atoms with Crippen LogP contribution in [0.4, 0.5) is 0 Å². The van der Waals surface area contributed by atoms with Crippen molar-refractivity contribution in [3.8, 4) is 5.75 Å². The van der Waals surface area contributed by atoms with Crippen LogP contribution >= 0.6 is 12.6 Å². The van der Waals surface area contributed by atoms with Gasteiger partial charge in [0.2, 0.25) is 17.7 Å². The number of aromatic hydroxyl groups is 1. The topological polar surface area (TPSA) is 235 Å². The summed E-state index contributed by atoms with van der Waals surface area (Å²) >= 11 is 3.88. The number of amides is 3. The zero-order valence-electron chi connectivity index (χ0n) is 19.3. The number of carbonyl (C=O) groups is 4. The number of rotatable bonds is 14. The number of benzene rings is 1. The van der Waals surface area contributed by atoms with Crippen LogP contribution in [0.25, 0.3) is 0 Å². The van der Waals surface area contributed by atoms with Crippen LogP contribution in [0.5, 0.6) is 5.75 Å². The van der Waals surface area contributed by atoms with E-state index in [2.05, 4.69) is 33.6 Å². The highest BCUT2D eigenvalue weighted by Crippen LogP contribution is 2.11. The van der Waals surface area contributed by atoms with Gasteiger partial charge in [-0.25, -0.2) is 4.79 Å². The van der Waals surface area contributed by atoms with E-state index in [9.17, 15) is 24.3 Å². The number of aliphatic carboxylic acids is 1. The number of phenolic OH excluding ortho intramolecular Hbond substituents is 1. The van der Waals surface area contributed by atoms with E-state index in [-0.39, 0.29) is 36.8 Å². The highest BCUT2D eigenvalue weighted by Gasteiger charge is 2.28. The lowest BCUT2D eigenvalue weighted by molar-refractivity contribution is -0.141. The van der Waals surface area contributed by atoms with Crippen molar-refractivity contribution in [2.45, 2.75) is 50.4 Å². The van der Waals surface area contributed by atoms with Crippen LogP contribution in [0.1, 0.15) is 25.3 Å². The SMILES string of the molecule is CC(NC(=O)C(CCCN=C(N)N)NC(=O)C(N)Cc1ccc(O)cc1)C(=O)NC(CS)C(=O)O. The molecule has 1 rings (SSSR count). The van der Waals surface area contributed by atoms with Gasteiger partial charge in [-0.05, 0) is 43.9 Å². The van der Waals surface area contributed by atoms with Crippen molar-refractivity contribution in [3.05, 3.63) is 29.8 Å². The minimum Gasteiger partial charge on any atom is -0.508 e. The van der Waals surface area contributed by atoms with Crippen LogP contribution in [0.2, 0.25) is 0 Å². The van der Waals surface area contributed by atoms with Gasteiger partial charge in [0.05, 0.1) is 6.04 Å². The van der Waals surface area contributed by atoms with Crippen molar-refractivity contribution >= 4 is 42.3 Å². The van der Waals surface area contributed by atoms with Gasteiger partial charge in [-0.15, -0.1) is 0 Å². The van der Waals surface area contributed by atoms with Crippen LogP contribution in [0.3, 0.4) is 0 Å². The van der Waals surface area contributed by atoms with E-state index in [0.29, 0.717) is 12.0 Å². The average molecular weight is 512 g/mol. The maximum Gasteiger partial charge on any atom is 0.327 e. The molecule has 35 heavy (non-hydrogen) atoms. The van der Waals surface area contributed by atoms with Gasteiger partial charge in [-0.2, -0.15) is 12.6 Å². The molecule has 4 unspecified atom stereocenters. The Morgan fingerprint density at radius 3 is 2.14 bits per heavy atom. The third-order valence-electron chi connectivity index (χ3n) is 4.86. The lowest BCUT2D eigenvalue weighted by atomic mass is 10.0. The number of carboxylic acid groups (broad SMARTS) is 1. The first-order valence-corrected chi connectivity index (χ1v) is 11.4. The number of aliphatic imine (C=N–C) groups is 1. The van der Waals surface area contributed by atoms with Gasteiger partial charge < -0.3 is 43.4 Å². The zero-order chi connectivity index (χ0) is 26.5. The fraction of sp³-hybridized carbons (Fsp3) is 0.476. The Morgan fingerprint density at radius 2 is 1.60 bits per heavy atom. The van der Waals surface area contributed by atoms with E-state index in [4.69, 9.17) is 22.3 Å². The smallest absolute Gasteiger partial charge is 0.327 e. The number of nitrogens with zero attached hydrogens (tertiary/aromatic N) is 1. The Labute approximate surface area is 208 Å². The molecule has 0 aliphatic rings. The second-order valence-corrected chi connectivity index (χ2v) is 8.16. The second kappa shape index (κ2) is 14.7. The highest BCUT2D eigenvalue weighted by atomic mass is 32.1. The maximum absolute atomic E-state index is 12.8. The largest absolute Gasteiger partial charge is 0.508 e. The van der Waals surface area contributed by atoms with Gasteiger partial charge in [0.1, 0.15) is 23.9 Å². The molecule has 3 amide bonds. The predicted molar refractivity (Wildman–Crippen MR) is 133 cm³/mol. The Balaban J connectivity index is 2.83. The lowest BCUT2D eigenvalue weighted by Crippen LogP contribution is -2.56. The summed E-state index contributed by atoms with van der Waals surface area (Å²) in [4.78, 5) is 52.7. The number of nitrogens with two attached hydrogens (primary N) is 3. The van der Waals surface area contributed by atoms with E-state index in [1.807, 2.05) is 0 Å². The van der Waals surface area contributed by atoms with Gasteiger partial charge in [0, 0.05) is 12.3 Å². The molecular weight excluding hydrogens is 478 g/mol. The molecule has 0 fully saturated rings. The summed E-state index contributed by atoms with van der Waals surface area (Å²) in [7, 11) is 0. The molecule has 11 N–H and O–H groups in total. The van der Waals surface area contributed by atoms with Gasteiger partial charge in [-0.3, -0.25) is 19.4 Å². The summed E-state index contributed by atoms with van der Waals surface area (Å²) in [5.74, 6) is -3.43. The van der Waals surface area contributed by atoms with Crippen molar-refractivity contribution in [2.24, 2.45) is 22.2 Å². The number of thiol groups is 1. The molecule has 13 nitrogen and oxygen atoms in total. The normalized spacial score (nSPS) is 14.0. The molecule has 0 bridgehead atoms. The Bertz CT molecular complexity index is 908. The van der Waals surface area contributed by atoms with E-state index in [1.54, 1.807) is 12.1 Å². The molecule has 0 aliphatic carbocycles. The van der Waals surface area contributed by atoms with Gasteiger partial charge in [0.25, 0.3) is 0 Å². The number of guanidine groups is 1. The number of carboxylic acids is 1. The van der Waals surface area contributed by atoms with Gasteiger partial charge in [-0.1, -0.05) is 12.1 Å². The molecule has 0 radical (unpaired) electrons. The Morgan fingerprint density at radius 1 is 1.00 bits per heavy atom. The van der Waals surface area contributed by atoms with Crippen LogP contribution in [0, 0.1) is 0 Å². The van der Waals surface area contributed by atoms with Crippen LogP contribution in [0.15, 0.2) is 29.3 Å². The van der Waals surface area contributed by atoms with Crippen LogP contribution < -0.4 is 33.2 Å². The molecule has 0 spiro atoms. The van der Waals surface area contributed by atoms with Crippen molar-refractivity contribution in [1.29, 1.82) is 0 Å². The van der Waals surface area contributed by atoms with Crippen LogP contribution in [-0.4, -0.2) is 76.3 Å². The van der Waals surface area contributed by atoms with Crippen molar-refractivity contribution in [3.63, 3.8) is 0 Å². The zero-order valence-corrected chi connectivity index (χ0v) is 20.2. The number of hydrogen-bond acceptors (Lipinski definition) is 8. The third kappa shape index (κ3) is 11.0. The van der Waals surface area contributed by atoms with Gasteiger partial charge in [0.15, 0.2) is 5.96 Å². The number of nitrogens with one attached hydrogen (secondary N) is 3. The first-order valence-electron chi connectivity index (χ1n) is 10.8. The molecule has 1 aromatic rings. The fourth-order valence-corrected chi connectivity index (χ4v) is 3.14. The molecule has 1 aromatic carbocycles. The van der Waals surface area contributed by atoms with Gasteiger partial charge >= 0.3 is 5.97 Å². The monoisotopic (exact) mass is 511 g/mol. The standard InChI is InChI=1S/C21H33N7O6S/c1-11(17(30)28-16(10-35)20(33)34)26-19(32)15(3-2-8-25-21(23)24)27-18(31)14(22)9-12-4-6-13(29)7-5-12/h4-7,11,14-16,29,35H,2-3,8-10,22H2,1H3,(H,26,32)(H,27,31)(H,28,30)(H,33,34)(H4,23,24,25). The minimum absolute atomic E-state index is 0.0754. The molecule has 0 aromatic heterocycles. The highest BCUT2D eigenvalue weighted by molar-refractivity contribution is 7.80. The van der Waals surface area contributed by atoms with Crippen molar-refractivity contribution in [2.75, 3.05) is 12.3 Å². The molecule has 14 heteroatoms. The summed E-state index contributed by atoms with van der Waals surface area (Å²) in [5, 5.41) is 25.7. The summed E-state index contributed by atoms with van der Waals surface area (Å²) in [6.45, 7) is 1.58. The number of hydrogen-bond donors (Lipinski definition) is 9. The Kier molecular flexibility index (Phi) is 12.4. The van der Waals surface area contributed by atoms with Crippen molar-refractivity contribution in [1.82, 2.24) is 16.0 Å². The fourth-order valence-electron chi connectivity index (χ4n) is 2.89. The number of phenols is 1. The quantitative estimate of drug-likeness (QED) is 0.0569. The van der Waals surface area contributed by atoms with E-state index in [0.717, 1.165) is 0 Å². The van der Waals surface area contributed by atoms with E-state index >= 15 is 0 Å². The molecule has 0 heterocycles. The molecule has 4 atom stereocenters. The molecule has 0 saturated carbocycles. The molecule has 194 valence electrons. The molecule has 0 aliphatic heterocycles. The van der Waals surface area contributed by atoms with Crippen LogP contribution in [-0.2, 0) is 25.6 Å². The molecule has 0 saturated heterocycles. The molecular formula is C21H33N7O6S. The van der Waals surface area contributed by atoms with E-state index in [1.165, 1.54) is 19.1 Å². The summed E-state index contributed by atoms with van der Waals surface area (Å²) in [5.41, 5.74) is 17.3. The summed E-state index contributed by atoms with van der Waals surface area (Å²) in [6.07, 6.45) is 0.640. The predicted octanol–water partition coefficient (Wildman–Crippen LogP) is -2.20. The Hall–Kier alpha value is -3.52.